The van der Waals surface area contributed by atoms with Gasteiger partial charge in [-0.05, 0) is 38.5 Å². The second kappa shape index (κ2) is 6.87. The van der Waals surface area contributed by atoms with Crippen molar-refractivity contribution >= 4 is 6.03 Å². The van der Waals surface area contributed by atoms with Gasteiger partial charge in [-0.3, -0.25) is 0 Å². The molecule has 1 aromatic rings. The maximum Gasteiger partial charge on any atom is 0.315 e. The van der Waals surface area contributed by atoms with Crippen LogP contribution in [0.2, 0.25) is 0 Å². The van der Waals surface area contributed by atoms with Crippen molar-refractivity contribution in [3.63, 3.8) is 0 Å². The average Bonchev–Trinajstić information content (AvgIpc) is 2.35. The predicted octanol–water partition coefficient (Wildman–Crippen LogP) is 2.22. The lowest BCUT2D eigenvalue weighted by atomic mass is 10.1. The minimum absolute atomic E-state index is 0.106. The van der Waals surface area contributed by atoms with E-state index in [1.807, 2.05) is 32.9 Å². The topological polar surface area (TPSA) is 59.6 Å². The fourth-order valence-corrected chi connectivity index (χ4v) is 1.74. The van der Waals surface area contributed by atoms with E-state index in [9.17, 15) is 4.79 Å². The zero-order chi connectivity index (χ0) is 14.4. The monoisotopic (exact) mass is 266 g/mol. The van der Waals surface area contributed by atoms with Gasteiger partial charge in [-0.25, -0.2) is 4.79 Å². The summed E-state index contributed by atoms with van der Waals surface area (Å²) in [5.41, 5.74) is 1.87. The molecular weight excluding hydrogens is 244 g/mol. The second-order valence-corrected chi connectivity index (χ2v) is 4.62. The zero-order valence-corrected chi connectivity index (χ0v) is 12.2. The molecule has 0 heterocycles. The molecule has 0 spiro atoms. The third kappa shape index (κ3) is 4.35. The number of carbonyl (C=O) groups excluding carboxylic acids is 1. The number of methoxy groups -OCH3 is 2. The number of hydrogen-bond donors (Lipinski definition) is 2. The highest BCUT2D eigenvalue weighted by atomic mass is 16.5. The quantitative estimate of drug-likeness (QED) is 0.859. The van der Waals surface area contributed by atoms with E-state index < -0.39 is 0 Å². The summed E-state index contributed by atoms with van der Waals surface area (Å²) in [5.74, 6) is 1.52. The molecule has 2 amide bonds. The van der Waals surface area contributed by atoms with E-state index in [-0.39, 0.29) is 12.1 Å². The van der Waals surface area contributed by atoms with E-state index in [1.54, 1.807) is 14.2 Å². The van der Waals surface area contributed by atoms with Crippen LogP contribution in [0.1, 0.15) is 25.0 Å². The van der Waals surface area contributed by atoms with Crippen LogP contribution in [0.15, 0.2) is 12.1 Å². The van der Waals surface area contributed by atoms with Gasteiger partial charge in [-0.1, -0.05) is 0 Å². The number of carbonyl (C=O) groups is 1. The number of urea groups is 1. The Balaban J connectivity index is 2.79. The molecule has 0 atom stereocenters. The third-order valence-electron chi connectivity index (χ3n) is 2.66. The molecule has 1 rings (SSSR count). The van der Waals surface area contributed by atoms with Gasteiger partial charge in [0.05, 0.1) is 14.2 Å². The fraction of sp³-hybridized carbons (Fsp3) is 0.500. The summed E-state index contributed by atoms with van der Waals surface area (Å²) in [7, 11) is 3.23. The van der Waals surface area contributed by atoms with Gasteiger partial charge in [-0.15, -0.1) is 0 Å². The molecule has 1 aromatic carbocycles. The van der Waals surface area contributed by atoms with Crippen molar-refractivity contribution in [1.29, 1.82) is 0 Å². The number of nitrogens with one attached hydrogen (secondary N) is 2. The third-order valence-corrected chi connectivity index (χ3v) is 2.66. The molecule has 0 radical (unpaired) electrons. The van der Waals surface area contributed by atoms with E-state index in [0.717, 1.165) is 22.6 Å². The van der Waals surface area contributed by atoms with Gasteiger partial charge in [0.25, 0.3) is 0 Å². The highest BCUT2D eigenvalue weighted by Gasteiger charge is 2.10. The first-order valence-electron chi connectivity index (χ1n) is 6.23. The minimum Gasteiger partial charge on any atom is -0.496 e. The van der Waals surface area contributed by atoms with E-state index >= 15 is 0 Å². The van der Waals surface area contributed by atoms with Crippen molar-refractivity contribution in [3.05, 3.63) is 23.3 Å². The lowest BCUT2D eigenvalue weighted by molar-refractivity contribution is 0.238. The van der Waals surface area contributed by atoms with Crippen LogP contribution in [-0.4, -0.2) is 26.3 Å². The summed E-state index contributed by atoms with van der Waals surface area (Å²) >= 11 is 0. The first kappa shape index (κ1) is 15.1. The van der Waals surface area contributed by atoms with E-state index in [0.29, 0.717) is 6.54 Å². The highest BCUT2D eigenvalue weighted by molar-refractivity contribution is 5.74. The van der Waals surface area contributed by atoms with Crippen molar-refractivity contribution in [2.24, 2.45) is 0 Å². The Morgan fingerprint density at radius 1 is 1.21 bits per heavy atom. The summed E-state index contributed by atoms with van der Waals surface area (Å²) in [6, 6.07) is 3.69. The lowest BCUT2D eigenvalue weighted by Gasteiger charge is -2.14. The Labute approximate surface area is 114 Å². The Bertz CT molecular complexity index is 445. The maximum atomic E-state index is 11.6. The Kier molecular flexibility index (Phi) is 5.48. The minimum atomic E-state index is -0.198. The van der Waals surface area contributed by atoms with Crippen LogP contribution >= 0.6 is 0 Å². The van der Waals surface area contributed by atoms with Gasteiger partial charge in [0.2, 0.25) is 0 Å². The van der Waals surface area contributed by atoms with Crippen LogP contribution in [0.5, 0.6) is 11.5 Å². The molecule has 5 nitrogen and oxygen atoms in total. The molecule has 0 aliphatic carbocycles. The lowest BCUT2D eigenvalue weighted by Crippen LogP contribution is -2.39. The van der Waals surface area contributed by atoms with Gasteiger partial charge in [0.15, 0.2) is 0 Å². The first-order chi connectivity index (χ1) is 8.97. The van der Waals surface area contributed by atoms with Gasteiger partial charge in [0.1, 0.15) is 11.5 Å². The van der Waals surface area contributed by atoms with Crippen LogP contribution in [0.25, 0.3) is 0 Å². The van der Waals surface area contributed by atoms with Crippen LogP contribution in [0.3, 0.4) is 0 Å². The van der Waals surface area contributed by atoms with Crippen molar-refractivity contribution in [2.45, 2.75) is 33.4 Å². The van der Waals surface area contributed by atoms with Crippen LogP contribution in [0, 0.1) is 6.92 Å². The van der Waals surface area contributed by atoms with Gasteiger partial charge in [-0.2, -0.15) is 0 Å². The Morgan fingerprint density at radius 2 is 1.84 bits per heavy atom. The largest absolute Gasteiger partial charge is 0.496 e. The predicted molar refractivity (Wildman–Crippen MR) is 74.8 cm³/mol. The summed E-state index contributed by atoms with van der Waals surface area (Å²) in [5, 5.41) is 5.56. The molecule has 0 bridgehead atoms. The zero-order valence-electron chi connectivity index (χ0n) is 12.2. The number of hydrogen-bond acceptors (Lipinski definition) is 3. The SMILES string of the molecule is COc1cc(CNC(=O)NC(C)C)c(OC)cc1C. The summed E-state index contributed by atoms with van der Waals surface area (Å²) in [6.45, 7) is 6.16. The van der Waals surface area contributed by atoms with Crippen molar-refractivity contribution in [2.75, 3.05) is 14.2 Å². The molecule has 106 valence electrons. The average molecular weight is 266 g/mol. The molecule has 5 heteroatoms. The molecule has 19 heavy (non-hydrogen) atoms. The molecule has 0 aliphatic rings. The molecule has 0 aliphatic heterocycles. The van der Waals surface area contributed by atoms with E-state index in [4.69, 9.17) is 9.47 Å². The van der Waals surface area contributed by atoms with Crippen molar-refractivity contribution < 1.29 is 14.3 Å². The first-order valence-corrected chi connectivity index (χ1v) is 6.23. The standard InChI is InChI=1S/C14H22N2O3/c1-9(2)16-14(17)15-8-11-7-12(18-4)10(3)6-13(11)19-5/h6-7,9H,8H2,1-5H3,(H2,15,16,17). The summed E-state index contributed by atoms with van der Waals surface area (Å²) in [6.07, 6.45) is 0. The molecule has 0 aromatic heterocycles. The van der Waals surface area contributed by atoms with Crippen LogP contribution < -0.4 is 20.1 Å². The van der Waals surface area contributed by atoms with Crippen LogP contribution in [-0.2, 0) is 6.54 Å². The number of rotatable bonds is 5. The van der Waals surface area contributed by atoms with E-state index in [2.05, 4.69) is 10.6 Å². The van der Waals surface area contributed by atoms with Crippen molar-refractivity contribution in [1.82, 2.24) is 10.6 Å². The second-order valence-electron chi connectivity index (χ2n) is 4.62. The normalized spacial score (nSPS) is 10.2. The van der Waals surface area contributed by atoms with Crippen molar-refractivity contribution in [3.8, 4) is 11.5 Å². The number of amides is 2. The molecule has 0 fully saturated rings. The Hall–Kier alpha value is -1.91. The highest BCUT2D eigenvalue weighted by Crippen LogP contribution is 2.28. The summed E-state index contributed by atoms with van der Waals surface area (Å²) < 4.78 is 10.6. The van der Waals surface area contributed by atoms with Gasteiger partial charge < -0.3 is 20.1 Å². The Morgan fingerprint density at radius 3 is 2.37 bits per heavy atom. The molecule has 0 saturated carbocycles. The smallest absolute Gasteiger partial charge is 0.315 e. The number of aryl methyl sites for hydroxylation is 1. The van der Waals surface area contributed by atoms with Crippen LogP contribution in [0.4, 0.5) is 4.79 Å². The molecule has 0 saturated heterocycles. The summed E-state index contributed by atoms with van der Waals surface area (Å²) in [4.78, 5) is 11.6. The van der Waals surface area contributed by atoms with Gasteiger partial charge >= 0.3 is 6.03 Å². The molecule has 2 N–H and O–H groups in total. The molecule has 0 unspecified atom stereocenters. The number of benzene rings is 1. The number of ether oxygens (including phenoxy) is 2. The maximum absolute atomic E-state index is 11.6. The van der Waals surface area contributed by atoms with Gasteiger partial charge in [0, 0.05) is 18.2 Å². The van der Waals surface area contributed by atoms with E-state index in [1.165, 1.54) is 0 Å². The molecular formula is C14H22N2O3. The fourth-order valence-electron chi connectivity index (χ4n) is 1.74.